The second-order valence-corrected chi connectivity index (χ2v) is 6.68. The van der Waals surface area contributed by atoms with Gasteiger partial charge >= 0.3 is 0 Å². The number of rotatable bonds is 4. The smallest absolute Gasteiger partial charge is 0.255 e. The Labute approximate surface area is 156 Å². The first kappa shape index (κ1) is 17.5. The van der Waals surface area contributed by atoms with Gasteiger partial charge in [-0.2, -0.15) is 5.10 Å². The molecule has 1 amide bonds. The standard InChI is InChI=1S/C19H17Cl2N3O/c1-12-9-13(2)24(23-12)11-14-3-5-15(6-4-14)19(25)22-16-7-8-17(20)18(21)10-16/h3-10H,11H2,1-2H3,(H,22,25). The largest absolute Gasteiger partial charge is 0.322 e. The lowest BCUT2D eigenvalue weighted by atomic mass is 10.1. The van der Waals surface area contributed by atoms with Crippen LogP contribution in [0.15, 0.2) is 48.5 Å². The zero-order valence-electron chi connectivity index (χ0n) is 13.9. The first-order valence-corrected chi connectivity index (χ1v) is 8.54. The number of nitrogens with zero attached hydrogens (tertiary/aromatic N) is 2. The van der Waals surface area contributed by atoms with Crippen LogP contribution < -0.4 is 5.32 Å². The van der Waals surface area contributed by atoms with Gasteiger partial charge in [0, 0.05) is 16.9 Å². The van der Waals surface area contributed by atoms with Crippen LogP contribution in [0.2, 0.25) is 10.0 Å². The molecule has 2 aromatic carbocycles. The molecule has 0 radical (unpaired) electrons. The van der Waals surface area contributed by atoms with Gasteiger partial charge in [0.2, 0.25) is 0 Å². The van der Waals surface area contributed by atoms with E-state index >= 15 is 0 Å². The molecule has 6 heteroatoms. The minimum Gasteiger partial charge on any atom is -0.322 e. The molecule has 3 aromatic rings. The summed E-state index contributed by atoms with van der Waals surface area (Å²) in [6.45, 7) is 4.67. The van der Waals surface area contributed by atoms with E-state index in [1.165, 1.54) is 0 Å². The third kappa shape index (κ3) is 4.21. The van der Waals surface area contributed by atoms with Crippen LogP contribution in [0.1, 0.15) is 27.3 Å². The number of aromatic nitrogens is 2. The maximum absolute atomic E-state index is 12.3. The molecule has 0 unspecified atom stereocenters. The zero-order chi connectivity index (χ0) is 18.0. The van der Waals surface area contributed by atoms with Crippen LogP contribution in [0.25, 0.3) is 0 Å². The molecule has 3 rings (SSSR count). The molecule has 1 heterocycles. The molecule has 0 fully saturated rings. The number of anilines is 1. The molecule has 0 aliphatic carbocycles. The SMILES string of the molecule is Cc1cc(C)n(Cc2ccc(C(=O)Nc3ccc(Cl)c(Cl)c3)cc2)n1. The summed E-state index contributed by atoms with van der Waals surface area (Å²) in [6.07, 6.45) is 0. The van der Waals surface area contributed by atoms with Crippen LogP contribution in [0.5, 0.6) is 0 Å². The highest BCUT2D eigenvalue weighted by Gasteiger charge is 2.08. The average Bonchev–Trinajstić information content (AvgIpc) is 2.89. The van der Waals surface area contributed by atoms with Crippen molar-refractivity contribution in [3.63, 3.8) is 0 Å². The summed E-state index contributed by atoms with van der Waals surface area (Å²) >= 11 is 11.8. The maximum Gasteiger partial charge on any atom is 0.255 e. The molecule has 4 nitrogen and oxygen atoms in total. The minimum atomic E-state index is -0.198. The lowest BCUT2D eigenvalue weighted by Crippen LogP contribution is -2.12. The molecule has 0 aliphatic rings. The van der Waals surface area contributed by atoms with Crippen LogP contribution in [0.4, 0.5) is 5.69 Å². The highest BCUT2D eigenvalue weighted by atomic mass is 35.5. The van der Waals surface area contributed by atoms with Crippen molar-refractivity contribution in [3.05, 3.63) is 81.1 Å². The van der Waals surface area contributed by atoms with Crippen molar-refractivity contribution >= 4 is 34.8 Å². The Bertz CT molecular complexity index is 917. The summed E-state index contributed by atoms with van der Waals surface area (Å²) in [5.74, 6) is -0.198. The molecule has 1 N–H and O–H groups in total. The van der Waals surface area contributed by atoms with Crippen LogP contribution in [-0.2, 0) is 6.54 Å². The van der Waals surface area contributed by atoms with E-state index in [-0.39, 0.29) is 5.91 Å². The van der Waals surface area contributed by atoms with Crippen molar-refractivity contribution in [2.45, 2.75) is 20.4 Å². The number of hydrogen-bond acceptors (Lipinski definition) is 2. The summed E-state index contributed by atoms with van der Waals surface area (Å²) in [7, 11) is 0. The Kier molecular flexibility index (Phi) is 5.11. The number of benzene rings is 2. The Hall–Kier alpha value is -2.30. The van der Waals surface area contributed by atoms with Gasteiger partial charge in [-0.1, -0.05) is 35.3 Å². The Morgan fingerprint density at radius 3 is 2.36 bits per heavy atom. The van der Waals surface area contributed by atoms with Gasteiger partial charge < -0.3 is 5.32 Å². The predicted molar refractivity (Wildman–Crippen MR) is 102 cm³/mol. The number of carbonyl (C=O) groups is 1. The van der Waals surface area contributed by atoms with Crippen LogP contribution in [-0.4, -0.2) is 15.7 Å². The lowest BCUT2D eigenvalue weighted by molar-refractivity contribution is 0.102. The summed E-state index contributed by atoms with van der Waals surface area (Å²) in [6, 6.07) is 14.5. The molecule has 0 saturated carbocycles. The number of amides is 1. The van der Waals surface area contributed by atoms with Gasteiger partial charge in [-0.3, -0.25) is 9.48 Å². The molecule has 0 spiro atoms. The Morgan fingerprint density at radius 1 is 1.04 bits per heavy atom. The number of nitrogens with one attached hydrogen (secondary N) is 1. The fraction of sp³-hybridized carbons (Fsp3) is 0.158. The number of aryl methyl sites for hydroxylation is 2. The van der Waals surface area contributed by atoms with Crippen LogP contribution in [0.3, 0.4) is 0 Å². The van der Waals surface area contributed by atoms with E-state index in [9.17, 15) is 4.79 Å². The van der Waals surface area contributed by atoms with Crippen molar-refractivity contribution in [3.8, 4) is 0 Å². The van der Waals surface area contributed by atoms with Gasteiger partial charge in [0.05, 0.1) is 22.3 Å². The Balaban J connectivity index is 1.69. The van der Waals surface area contributed by atoms with Crippen LogP contribution in [0, 0.1) is 13.8 Å². The van der Waals surface area contributed by atoms with E-state index in [0.29, 0.717) is 27.8 Å². The normalized spacial score (nSPS) is 10.7. The third-order valence-corrected chi connectivity index (χ3v) is 4.57. The van der Waals surface area contributed by atoms with E-state index in [0.717, 1.165) is 17.0 Å². The molecular weight excluding hydrogens is 357 g/mol. The summed E-state index contributed by atoms with van der Waals surface area (Å²) in [5.41, 5.74) is 4.36. The molecule has 1 aromatic heterocycles. The van der Waals surface area contributed by atoms with Gasteiger partial charge in [-0.15, -0.1) is 0 Å². The summed E-state index contributed by atoms with van der Waals surface area (Å²) in [5, 5.41) is 8.11. The van der Waals surface area contributed by atoms with E-state index in [2.05, 4.69) is 10.4 Å². The first-order valence-electron chi connectivity index (χ1n) is 7.79. The lowest BCUT2D eigenvalue weighted by Gasteiger charge is -2.08. The molecule has 0 bridgehead atoms. The van der Waals surface area contributed by atoms with E-state index in [1.54, 1.807) is 30.3 Å². The second kappa shape index (κ2) is 7.30. The number of carbonyl (C=O) groups excluding carboxylic acids is 1. The molecule has 128 valence electrons. The van der Waals surface area contributed by atoms with Crippen molar-refractivity contribution in [2.24, 2.45) is 0 Å². The maximum atomic E-state index is 12.3. The number of hydrogen-bond donors (Lipinski definition) is 1. The first-order chi connectivity index (χ1) is 11.9. The van der Waals surface area contributed by atoms with Crippen molar-refractivity contribution in [2.75, 3.05) is 5.32 Å². The molecule has 0 atom stereocenters. The average molecular weight is 374 g/mol. The summed E-state index contributed by atoms with van der Waals surface area (Å²) < 4.78 is 1.94. The van der Waals surface area contributed by atoms with Gasteiger partial charge in [0.1, 0.15) is 0 Å². The third-order valence-electron chi connectivity index (χ3n) is 3.83. The fourth-order valence-electron chi connectivity index (χ4n) is 2.55. The molecular formula is C19H17Cl2N3O. The molecule has 25 heavy (non-hydrogen) atoms. The highest BCUT2D eigenvalue weighted by molar-refractivity contribution is 6.42. The molecule has 0 saturated heterocycles. The van der Waals surface area contributed by atoms with E-state index < -0.39 is 0 Å². The van der Waals surface area contributed by atoms with E-state index in [4.69, 9.17) is 23.2 Å². The van der Waals surface area contributed by atoms with Crippen molar-refractivity contribution in [1.82, 2.24) is 9.78 Å². The van der Waals surface area contributed by atoms with Gasteiger partial charge in [0.25, 0.3) is 5.91 Å². The predicted octanol–water partition coefficient (Wildman–Crippen LogP) is 5.11. The number of halogens is 2. The minimum absolute atomic E-state index is 0.198. The van der Waals surface area contributed by atoms with Crippen LogP contribution >= 0.6 is 23.2 Å². The van der Waals surface area contributed by atoms with Gasteiger partial charge in [-0.25, -0.2) is 0 Å². The van der Waals surface area contributed by atoms with Gasteiger partial charge in [-0.05, 0) is 55.8 Å². The van der Waals surface area contributed by atoms with E-state index in [1.807, 2.05) is 36.7 Å². The monoisotopic (exact) mass is 373 g/mol. The fourth-order valence-corrected chi connectivity index (χ4v) is 2.84. The topological polar surface area (TPSA) is 46.9 Å². The van der Waals surface area contributed by atoms with Gasteiger partial charge in [0.15, 0.2) is 0 Å². The zero-order valence-corrected chi connectivity index (χ0v) is 15.4. The molecule has 0 aliphatic heterocycles. The van der Waals surface area contributed by atoms with Crippen molar-refractivity contribution in [1.29, 1.82) is 0 Å². The quantitative estimate of drug-likeness (QED) is 0.690. The van der Waals surface area contributed by atoms with Crippen molar-refractivity contribution < 1.29 is 4.79 Å². The summed E-state index contributed by atoms with van der Waals surface area (Å²) in [4.78, 5) is 12.3. The second-order valence-electron chi connectivity index (χ2n) is 5.86. The highest BCUT2D eigenvalue weighted by Crippen LogP contribution is 2.25. The Morgan fingerprint density at radius 2 is 1.76 bits per heavy atom.